The SMILES string of the molecule is O=C(NCc1ccc(C2OC(CSc3nnnn3-c3ccc(O)cc3)CC(c3ccc(CO)cc3)O2)cc1)NC12CC3CC(CC(C3)C1)C2. The number of urea groups is 1. The monoisotopic (exact) mass is 682 g/mol. The van der Waals surface area contributed by atoms with Gasteiger partial charge in [-0.2, -0.15) is 4.68 Å². The van der Waals surface area contributed by atoms with Crippen LogP contribution in [0.2, 0.25) is 0 Å². The molecule has 2 heterocycles. The molecule has 12 heteroatoms. The first-order valence-electron chi connectivity index (χ1n) is 17.3. The predicted molar refractivity (Wildman–Crippen MR) is 183 cm³/mol. The summed E-state index contributed by atoms with van der Waals surface area (Å²) in [6, 6.07) is 22.5. The summed E-state index contributed by atoms with van der Waals surface area (Å²) in [7, 11) is 0. The molecule has 1 saturated heterocycles. The van der Waals surface area contributed by atoms with Crippen molar-refractivity contribution in [1.29, 1.82) is 0 Å². The van der Waals surface area contributed by atoms with Crippen molar-refractivity contribution < 1.29 is 24.5 Å². The maximum absolute atomic E-state index is 13.0. The molecule has 4 N–H and O–H groups in total. The Balaban J connectivity index is 0.923. The molecule has 4 aliphatic carbocycles. The summed E-state index contributed by atoms with van der Waals surface area (Å²) in [5, 5.41) is 38.6. The summed E-state index contributed by atoms with van der Waals surface area (Å²) in [6.07, 6.45) is 7.06. The Morgan fingerprint density at radius 2 is 1.51 bits per heavy atom. The molecule has 0 radical (unpaired) electrons. The van der Waals surface area contributed by atoms with Crippen molar-refractivity contribution in [2.24, 2.45) is 17.8 Å². The van der Waals surface area contributed by atoms with E-state index in [4.69, 9.17) is 9.47 Å². The number of carbonyl (C=O) groups is 1. The van der Waals surface area contributed by atoms with Crippen LogP contribution in [-0.4, -0.2) is 53.8 Å². The number of tetrazole rings is 1. The van der Waals surface area contributed by atoms with Gasteiger partial charge in [0.1, 0.15) is 5.75 Å². The topological polar surface area (TPSA) is 144 Å². The van der Waals surface area contributed by atoms with Gasteiger partial charge in [0.2, 0.25) is 5.16 Å². The molecule has 4 saturated carbocycles. The van der Waals surface area contributed by atoms with Gasteiger partial charge >= 0.3 is 6.03 Å². The first-order chi connectivity index (χ1) is 23.9. The molecule has 3 unspecified atom stereocenters. The van der Waals surface area contributed by atoms with Crippen LogP contribution in [0.5, 0.6) is 5.75 Å². The van der Waals surface area contributed by atoms with Crippen molar-refractivity contribution in [2.75, 3.05) is 5.75 Å². The third-order valence-corrected chi connectivity index (χ3v) is 11.7. The normalized spacial score (nSPS) is 28.8. The molecule has 0 spiro atoms. The lowest BCUT2D eigenvalue weighted by molar-refractivity contribution is -0.245. The van der Waals surface area contributed by atoms with Crippen molar-refractivity contribution in [2.45, 2.75) is 87.3 Å². The highest BCUT2D eigenvalue weighted by molar-refractivity contribution is 7.99. The van der Waals surface area contributed by atoms with Crippen LogP contribution in [0.1, 0.15) is 79.6 Å². The number of benzene rings is 3. The average Bonchev–Trinajstić information content (AvgIpc) is 3.58. The zero-order valence-electron chi connectivity index (χ0n) is 27.3. The Morgan fingerprint density at radius 3 is 2.18 bits per heavy atom. The number of carbonyl (C=O) groups excluding carboxylic acids is 1. The first kappa shape index (κ1) is 32.2. The Kier molecular flexibility index (Phi) is 9.04. The summed E-state index contributed by atoms with van der Waals surface area (Å²) >= 11 is 1.50. The summed E-state index contributed by atoms with van der Waals surface area (Å²) in [4.78, 5) is 13.0. The smallest absolute Gasteiger partial charge is 0.315 e. The van der Waals surface area contributed by atoms with Crippen LogP contribution in [0.3, 0.4) is 0 Å². The molecular formula is C37H42N6O5S. The van der Waals surface area contributed by atoms with E-state index >= 15 is 0 Å². The first-order valence-corrected chi connectivity index (χ1v) is 18.2. The second-order valence-corrected chi connectivity index (χ2v) is 15.3. The lowest BCUT2D eigenvalue weighted by atomic mass is 9.53. The quantitative estimate of drug-likeness (QED) is 0.149. The van der Waals surface area contributed by atoms with Crippen molar-refractivity contribution in [3.8, 4) is 11.4 Å². The van der Waals surface area contributed by atoms with E-state index in [9.17, 15) is 15.0 Å². The Bertz CT molecular complexity index is 1710. The molecule has 256 valence electrons. The zero-order valence-corrected chi connectivity index (χ0v) is 28.1. The molecule has 1 aliphatic heterocycles. The highest BCUT2D eigenvalue weighted by Crippen LogP contribution is 2.55. The van der Waals surface area contributed by atoms with Crippen LogP contribution in [0.25, 0.3) is 5.69 Å². The molecule has 3 atom stereocenters. The lowest BCUT2D eigenvalue weighted by Crippen LogP contribution is -2.61. The minimum absolute atomic E-state index is 0.0140. The van der Waals surface area contributed by atoms with Gasteiger partial charge in [0.05, 0.1) is 24.5 Å². The van der Waals surface area contributed by atoms with Crippen LogP contribution < -0.4 is 10.6 Å². The molecule has 9 rings (SSSR count). The number of amides is 2. The minimum Gasteiger partial charge on any atom is -0.508 e. The maximum atomic E-state index is 13.0. The van der Waals surface area contributed by atoms with Crippen LogP contribution in [0.15, 0.2) is 78.0 Å². The standard InChI is InChI=1S/C37H42N6O5S/c44-21-24-3-5-28(6-4-24)33-16-32(22-49-36-40-41-42-43(36)30-9-11-31(45)12-10-30)47-34(48-33)29-7-1-23(2-8-29)20-38-35(46)39-37-17-25-13-26(18-37)15-27(14-25)19-37/h1-12,25-27,32-34,44-45H,13-22H2,(H2,38,39,46). The lowest BCUT2D eigenvalue weighted by Gasteiger charge is -2.56. The van der Waals surface area contributed by atoms with Gasteiger partial charge in [0.25, 0.3) is 0 Å². The van der Waals surface area contributed by atoms with Gasteiger partial charge in [-0.3, -0.25) is 0 Å². The molecule has 1 aromatic heterocycles. The van der Waals surface area contributed by atoms with E-state index in [1.807, 2.05) is 48.5 Å². The molecule has 4 aromatic rings. The number of aliphatic hydroxyl groups excluding tert-OH is 1. The summed E-state index contributed by atoms with van der Waals surface area (Å²) in [5.74, 6) is 3.11. The van der Waals surface area contributed by atoms with E-state index in [1.54, 1.807) is 28.9 Å². The molecular weight excluding hydrogens is 641 g/mol. The van der Waals surface area contributed by atoms with Gasteiger partial charge in [0.15, 0.2) is 6.29 Å². The van der Waals surface area contributed by atoms with Gasteiger partial charge < -0.3 is 30.3 Å². The minimum atomic E-state index is -0.601. The fraction of sp³-hybridized carbons (Fsp3) is 0.459. The highest BCUT2D eigenvalue weighted by Gasteiger charge is 2.51. The van der Waals surface area contributed by atoms with E-state index in [2.05, 4.69) is 26.2 Å². The van der Waals surface area contributed by atoms with Crippen LogP contribution in [-0.2, 0) is 22.6 Å². The second kappa shape index (κ2) is 13.7. The Labute approximate surface area is 289 Å². The Morgan fingerprint density at radius 1 is 0.857 bits per heavy atom. The number of phenols is 1. The molecule has 3 aromatic carbocycles. The van der Waals surface area contributed by atoms with Crippen LogP contribution >= 0.6 is 11.8 Å². The van der Waals surface area contributed by atoms with Crippen molar-refractivity contribution in [3.05, 3.63) is 95.1 Å². The predicted octanol–water partition coefficient (Wildman–Crippen LogP) is 5.97. The molecule has 5 fully saturated rings. The maximum Gasteiger partial charge on any atom is 0.315 e. The van der Waals surface area contributed by atoms with E-state index in [1.165, 1.54) is 31.0 Å². The summed E-state index contributed by atoms with van der Waals surface area (Å²) in [6.45, 7) is 0.428. The van der Waals surface area contributed by atoms with Gasteiger partial charge in [0, 0.05) is 29.8 Å². The number of aromatic hydroxyl groups is 1. The zero-order chi connectivity index (χ0) is 33.4. The second-order valence-electron chi connectivity index (χ2n) is 14.3. The van der Waals surface area contributed by atoms with Crippen molar-refractivity contribution in [1.82, 2.24) is 30.8 Å². The number of hydrogen-bond donors (Lipinski definition) is 4. The fourth-order valence-electron chi connectivity index (χ4n) is 8.74. The third-order valence-electron chi connectivity index (χ3n) is 10.7. The van der Waals surface area contributed by atoms with E-state index in [-0.39, 0.29) is 36.1 Å². The number of hydrogen-bond acceptors (Lipinski definition) is 9. The van der Waals surface area contributed by atoms with Crippen molar-refractivity contribution in [3.63, 3.8) is 0 Å². The largest absolute Gasteiger partial charge is 0.508 e. The van der Waals surface area contributed by atoms with E-state index in [0.717, 1.165) is 65.0 Å². The van der Waals surface area contributed by atoms with Crippen LogP contribution in [0, 0.1) is 17.8 Å². The Hall–Kier alpha value is -3.97. The van der Waals surface area contributed by atoms with Gasteiger partial charge in [-0.1, -0.05) is 60.3 Å². The van der Waals surface area contributed by atoms with Gasteiger partial charge in [-0.15, -0.1) is 5.10 Å². The third kappa shape index (κ3) is 7.19. The van der Waals surface area contributed by atoms with E-state index in [0.29, 0.717) is 23.9 Å². The number of nitrogens with one attached hydrogen (secondary N) is 2. The summed E-state index contributed by atoms with van der Waals surface area (Å²) in [5.41, 5.74) is 4.49. The number of aliphatic hydroxyl groups is 1. The van der Waals surface area contributed by atoms with Gasteiger partial charge in [-0.05, 0) is 108 Å². The molecule has 5 aliphatic rings. The number of phenolic OH excluding ortho intramolecular Hbond substituents is 1. The molecule has 49 heavy (non-hydrogen) atoms. The molecule has 11 nitrogen and oxygen atoms in total. The number of ether oxygens (including phenoxy) is 2. The highest BCUT2D eigenvalue weighted by atomic mass is 32.2. The molecule has 4 bridgehead atoms. The van der Waals surface area contributed by atoms with E-state index < -0.39 is 6.29 Å². The fourth-order valence-corrected chi connectivity index (χ4v) is 9.65. The number of aromatic nitrogens is 4. The molecule has 2 amide bonds. The summed E-state index contributed by atoms with van der Waals surface area (Å²) < 4.78 is 14.7. The number of rotatable bonds is 10. The number of thioether (sulfide) groups is 1. The van der Waals surface area contributed by atoms with Crippen LogP contribution in [0.4, 0.5) is 4.79 Å². The van der Waals surface area contributed by atoms with Crippen molar-refractivity contribution >= 4 is 17.8 Å². The van der Waals surface area contributed by atoms with Gasteiger partial charge in [-0.25, -0.2) is 4.79 Å². The number of nitrogens with zero attached hydrogens (tertiary/aromatic N) is 4. The average molecular weight is 683 g/mol.